The first kappa shape index (κ1) is 17.4. The molecule has 3 N–H and O–H groups in total. The molecule has 1 atom stereocenters. The third-order valence-corrected chi connectivity index (χ3v) is 4.24. The smallest absolute Gasteiger partial charge is 0.214 e. The molecule has 6 nitrogen and oxygen atoms in total. The largest absolute Gasteiger partial charge is 0.459 e. The first-order valence-corrected chi connectivity index (χ1v) is 8.76. The van der Waals surface area contributed by atoms with Crippen molar-refractivity contribution < 1.29 is 9.52 Å². The van der Waals surface area contributed by atoms with Gasteiger partial charge in [-0.3, -0.25) is 5.10 Å². The zero-order chi connectivity index (χ0) is 17.8. The monoisotopic (exact) mass is 358 g/mol. The Morgan fingerprint density at radius 1 is 1.28 bits per heavy atom. The third kappa shape index (κ3) is 4.00. The van der Waals surface area contributed by atoms with E-state index in [-0.39, 0.29) is 0 Å². The molecular formula is C18H22N4O2S. The molecular weight excluding hydrogens is 336 g/mol. The lowest BCUT2D eigenvalue weighted by molar-refractivity contribution is 0.199. The van der Waals surface area contributed by atoms with Crippen LogP contribution in [0, 0.1) is 4.77 Å². The molecule has 3 rings (SSSR count). The summed E-state index contributed by atoms with van der Waals surface area (Å²) in [4.78, 5) is 0. The van der Waals surface area contributed by atoms with Gasteiger partial charge in [0.1, 0.15) is 11.5 Å². The summed E-state index contributed by atoms with van der Waals surface area (Å²) in [5.41, 5.74) is 5.10. The number of aromatic amines is 1. The Labute approximate surface area is 151 Å². The molecule has 0 fully saturated rings. The minimum Gasteiger partial charge on any atom is -0.459 e. The van der Waals surface area contributed by atoms with Crippen molar-refractivity contribution in [3.05, 3.63) is 58.3 Å². The second-order valence-corrected chi connectivity index (χ2v) is 6.32. The maximum absolute atomic E-state index is 9.58. The van der Waals surface area contributed by atoms with Crippen LogP contribution in [0.1, 0.15) is 43.5 Å². The molecule has 0 aliphatic heterocycles. The minimum atomic E-state index is -0.470. The summed E-state index contributed by atoms with van der Waals surface area (Å²) in [6.45, 7) is 4.36. The first-order chi connectivity index (χ1) is 12.1. The van der Waals surface area contributed by atoms with E-state index in [2.05, 4.69) is 22.5 Å². The Bertz CT molecular complexity index is 877. The van der Waals surface area contributed by atoms with E-state index in [9.17, 15) is 5.11 Å². The molecule has 0 radical (unpaired) electrons. The predicted molar refractivity (Wildman–Crippen MR) is 99.2 cm³/mol. The fourth-order valence-electron chi connectivity index (χ4n) is 2.59. The Kier molecular flexibility index (Phi) is 5.35. The van der Waals surface area contributed by atoms with E-state index in [4.69, 9.17) is 16.6 Å². The van der Waals surface area contributed by atoms with Crippen molar-refractivity contribution in [3.63, 3.8) is 0 Å². The molecule has 2 heterocycles. The molecule has 0 aliphatic rings. The standard InChI is InChI=1S/C18H22N4O2S/c1-3-4-17-20-21-18(25)22(17)19-11-15-9-10-16(24-15)14-7-5-13(6-8-14)12(2)23/h5-10,12,19,23H,3-4,11H2,1-2H3,(H,21,25). The van der Waals surface area contributed by atoms with Crippen molar-refractivity contribution in [2.45, 2.75) is 39.3 Å². The molecule has 3 aromatic rings. The second-order valence-electron chi connectivity index (χ2n) is 5.93. The van der Waals surface area contributed by atoms with Crippen molar-refractivity contribution in [1.82, 2.24) is 14.9 Å². The topological polar surface area (TPSA) is 79.0 Å². The molecule has 0 saturated heterocycles. The van der Waals surface area contributed by atoms with Gasteiger partial charge in [-0.15, -0.1) is 0 Å². The summed E-state index contributed by atoms with van der Waals surface area (Å²) in [5.74, 6) is 2.48. The number of nitrogens with zero attached hydrogens (tertiary/aromatic N) is 2. The Morgan fingerprint density at radius 2 is 2.04 bits per heavy atom. The van der Waals surface area contributed by atoms with Crippen LogP contribution in [-0.2, 0) is 13.0 Å². The summed E-state index contributed by atoms with van der Waals surface area (Å²) in [6.07, 6.45) is 1.37. The molecule has 25 heavy (non-hydrogen) atoms. The van der Waals surface area contributed by atoms with Gasteiger partial charge in [-0.2, -0.15) is 5.10 Å². The number of aliphatic hydroxyl groups is 1. The molecule has 1 aromatic carbocycles. The lowest BCUT2D eigenvalue weighted by Gasteiger charge is -2.08. The number of aryl methyl sites for hydroxylation is 1. The molecule has 0 saturated carbocycles. The van der Waals surface area contributed by atoms with Crippen molar-refractivity contribution in [2.24, 2.45) is 0 Å². The maximum atomic E-state index is 9.58. The molecule has 7 heteroatoms. The summed E-state index contributed by atoms with van der Waals surface area (Å²) < 4.78 is 8.24. The number of hydrogen-bond donors (Lipinski definition) is 3. The summed E-state index contributed by atoms with van der Waals surface area (Å²) in [7, 11) is 0. The molecule has 0 spiro atoms. The highest BCUT2D eigenvalue weighted by molar-refractivity contribution is 7.71. The van der Waals surface area contributed by atoms with E-state index in [1.54, 1.807) is 11.6 Å². The number of benzene rings is 1. The van der Waals surface area contributed by atoms with Crippen LogP contribution in [0.4, 0.5) is 0 Å². The highest BCUT2D eigenvalue weighted by Crippen LogP contribution is 2.24. The van der Waals surface area contributed by atoms with Gasteiger partial charge < -0.3 is 14.9 Å². The maximum Gasteiger partial charge on any atom is 0.214 e. The number of aliphatic hydroxyl groups excluding tert-OH is 1. The van der Waals surface area contributed by atoms with Gasteiger partial charge in [-0.25, -0.2) is 4.68 Å². The van der Waals surface area contributed by atoms with Gasteiger partial charge in [0.05, 0.1) is 12.6 Å². The number of hydrogen-bond acceptors (Lipinski definition) is 5. The third-order valence-electron chi connectivity index (χ3n) is 3.97. The summed E-state index contributed by atoms with van der Waals surface area (Å²) in [5, 5.41) is 16.6. The average molecular weight is 358 g/mol. The van der Waals surface area contributed by atoms with E-state index in [1.807, 2.05) is 36.4 Å². The van der Waals surface area contributed by atoms with Crippen LogP contribution in [0.2, 0.25) is 0 Å². The van der Waals surface area contributed by atoms with E-state index in [0.29, 0.717) is 11.3 Å². The van der Waals surface area contributed by atoms with Crippen LogP contribution in [0.3, 0.4) is 0 Å². The second kappa shape index (κ2) is 7.67. The van der Waals surface area contributed by atoms with E-state index < -0.39 is 6.10 Å². The Hall–Kier alpha value is -2.38. The van der Waals surface area contributed by atoms with Crippen LogP contribution < -0.4 is 5.43 Å². The number of furan rings is 1. The van der Waals surface area contributed by atoms with Gasteiger partial charge in [0.15, 0.2) is 5.82 Å². The van der Waals surface area contributed by atoms with Gasteiger partial charge in [0.25, 0.3) is 0 Å². The van der Waals surface area contributed by atoms with Crippen molar-refractivity contribution in [1.29, 1.82) is 0 Å². The summed E-state index contributed by atoms with van der Waals surface area (Å²) >= 11 is 5.25. The van der Waals surface area contributed by atoms with Crippen LogP contribution in [0.15, 0.2) is 40.8 Å². The van der Waals surface area contributed by atoms with Gasteiger partial charge in [-0.1, -0.05) is 31.2 Å². The van der Waals surface area contributed by atoms with Crippen LogP contribution in [-0.4, -0.2) is 20.0 Å². The number of rotatable bonds is 7. The van der Waals surface area contributed by atoms with Gasteiger partial charge in [-0.05, 0) is 43.3 Å². The van der Waals surface area contributed by atoms with Gasteiger partial charge >= 0.3 is 0 Å². The zero-order valence-corrected chi connectivity index (χ0v) is 15.1. The van der Waals surface area contributed by atoms with Crippen LogP contribution in [0.25, 0.3) is 11.3 Å². The zero-order valence-electron chi connectivity index (χ0n) is 14.3. The van der Waals surface area contributed by atoms with Gasteiger partial charge in [0.2, 0.25) is 4.77 Å². The molecule has 1 unspecified atom stereocenters. The van der Waals surface area contributed by atoms with E-state index in [0.717, 1.165) is 41.3 Å². The normalized spacial score (nSPS) is 12.3. The SMILES string of the molecule is CCCc1n[nH]c(=S)n1NCc1ccc(-c2ccc(C(C)O)cc2)o1. The fourth-order valence-corrected chi connectivity index (χ4v) is 2.81. The highest BCUT2D eigenvalue weighted by Gasteiger charge is 2.08. The molecule has 2 aromatic heterocycles. The Balaban J connectivity index is 1.70. The molecule has 0 aliphatic carbocycles. The van der Waals surface area contributed by atoms with Gasteiger partial charge in [0, 0.05) is 12.0 Å². The number of aromatic nitrogens is 3. The van der Waals surface area contributed by atoms with Crippen LogP contribution >= 0.6 is 12.2 Å². The Morgan fingerprint density at radius 3 is 2.72 bits per heavy atom. The van der Waals surface area contributed by atoms with Crippen LogP contribution in [0.5, 0.6) is 0 Å². The molecule has 0 amide bonds. The van der Waals surface area contributed by atoms with E-state index >= 15 is 0 Å². The van der Waals surface area contributed by atoms with E-state index in [1.165, 1.54) is 0 Å². The number of nitrogens with one attached hydrogen (secondary N) is 2. The molecule has 132 valence electrons. The first-order valence-electron chi connectivity index (χ1n) is 8.35. The average Bonchev–Trinajstić information content (AvgIpc) is 3.21. The predicted octanol–water partition coefficient (Wildman–Crippen LogP) is 3.95. The van der Waals surface area contributed by atoms with Crippen molar-refractivity contribution >= 4 is 12.2 Å². The lowest BCUT2D eigenvalue weighted by atomic mass is 10.1. The van der Waals surface area contributed by atoms with Crippen molar-refractivity contribution in [3.8, 4) is 11.3 Å². The number of H-pyrrole nitrogens is 1. The highest BCUT2D eigenvalue weighted by atomic mass is 32.1. The quantitative estimate of drug-likeness (QED) is 0.557. The molecule has 0 bridgehead atoms. The summed E-state index contributed by atoms with van der Waals surface area (Å²) in [6, 6.07) is 11.6. The van der Waals surface area contributed by atoms with Crippen molar-refractivity contribution in [2.75, 3.05) is 5.43 Å². The lowest BCUT2D eigenvalue weighted by Crippen LogP contribution is -2.17. The minimum absolute atomic E-state index is 0.470. The fraction of sp³-hybridized carbons (Fsp3) is 0.333.